The van der Waals surface area contributed by atoms with Crippen LogP contribution in [0.15, 0.2) is 34.8 Å². The van der Waals surface area contributed by atoms with Crippen LogP contribution in [0.2, 0.25) is 10.0 Å². The van der Waals surface area contributed by atoms with Gasteiger partial charge in [0.25, 0.3) is 0 Å². The predicted octanol–water partition coefficient (Wildman–Crippen LogP) is 5.64. The molecule has 0 aliphatic rings. The van der Waals surface area contributed by atoms with Crippen LogP contribution in [0.1, 0.15) is 25.0 Å². The molecule has 0 saturated heterocycles. The molecule has 0 fully saturated rings. The average molecular weight is 579 g/mol. The van der Waals surface area contributed by atoms with E-state index in [0.29, 0.717) is 47.8 Å². The molecule has 0 bridgehead atoms. The van der Waals surface area contributed by atoms with Crippen molar-refractivity contribution < 1.29 is 14.6 Å². The van der Waals surface area contributed by atoms with Crippen molar-refractivity contribution in [3.63, 3.8) is 0 Å². The Bertz CT molecular complexity index is 797. The fourth-order valence-electron chi connectivity index (χ4n) is 2.64. The fraction of sp³-hybridized carbons (Fsp3) is 0.429. The molecule has 0 saturated carbocycles. The lowest BCUT2D eigenvalue weighted by molar-refractivity contribution is 0.191. The van der Waals surface area contributed by atoms with Crippen molar-refractivity contribution in [2.45, 2.75) is 33.1 Å². The van der Waals surface area contributed by atoms with Crippen LogP contribution in [0.4, 0.5) is 0 Å². The van der Waals surface area contributed by atoms with Crippen molar-refractivity contribution in [2.75, 3.05) is 26.2 Å². The summed E-state index contributed by atoms with van der Waals surface area (Å²) in [5.74, 6) is 1.32. The van der Waals surface area contributed by atoms with Gasteiger partial charge in [0.15, 0.2) is 11.5 Å². The molecule has 0 heterocycles. The maximum Gasteiger partial charge on any atom is 0.175 e. The lowest BCUT2D eigenvalue weighted by Crippen LogP contribution is -2.31. The quantitative estimate of drug-likeness (QED) is 0.285. The Morgan fingerprint density at radius 3 is 2.42 bits per heavy atom. The van der Waals surface area contributed by atoms with E-state index < -0.39 is 0 Å². The minimum atomic E-state index is -0.338. The highest BCUT2D eigenvalue weighted by atomic mass is 79.9. The van der Waals surface area contributed by atoms with Crippen LogP contribution in [-0.4, -0.2) is 37.5 Å². The second kappa shape index (κ2) is 16.2. The molecule has 31 heavy (non-hydrogen) atoms. The van der Waals surface area contributed by atoms with Gasteiger partial charge in [0.05, 0.1) is 17.2 Å². The maximum atomic E-state index is 9.24. The number of aliphatic hydroxyl groups is 1. The highest BCUT2D eigenvalue weighted by Crippen LogP contribution is 2.38. The molecule has 0 aliphatic carbocycles. The molecule has 1 atom stereocenters. The third-order valence-corrected chi connectivity index (χ3v) is 5.18. The number of benzene rings is 2. The zero-order valence-electron chi connectivity index (χ0n) is 17.4. The van der Waals surface area contributed by atoms with Crippen LogP contribution < -0.4 is 20.1 Å². The molecule has 0 spiro atoms. The van der Waals surface area contributed by atoms with Crippen LogP contribution in [0.5, 0.6) is 11.5 Å². The first-order chi connectivity index (χ1) is 13.9. The number of hydrogen-bond acceptors (Lipinski definition) is 5. The van der Waals surface area contributed by atoms with Crippen molar-refractivity contribution in [2.24, 2.45) is 0 Å². The van der Waals surface area contributed by atoms with Crippen molar-refractivity contribution in [3.8, 4) is 11.5 Å². The van der Waals surface area contributed by atoms with Gasteiger partial charge in [0.2, 0.25) is 0 Å². The summed E-state index contributed by atoms with van der Waals surface area (Å²) in [5, 5.41) is 16.9. The van der Waals surface area contributed by atoms with Gasteiger partial charge in [-0.25, -0.2) is 0 Å². The van der Waals surface area contributed by atoms with E-state index in [0.717, 1.165) is 28.7 Å². The SMILES string of the molecule is CCOc1cc(CNCCNCC(C)O)cc(Br)c1OCc1ccc(Cl)cc1Cl.Cl.Cl. The fourth-order valence-corrected chi connectivity index (χ4v) is 3.70. The monoisotopic (exact) mass is 576 g/mol. The van der Waals surface area contributed by atoms with E-state index in [1.807, 2.05) is 25.1 Å². The molecule has 0 aromatic heterocycles. The van der Waals surface area contributed by atoms with E-state index in [4.69, 9.17) is 32.7 Å². The Kier molecular flexibility index (Phi) is 16.0. The van der Waals surface area contributed by atoms with Crippen molar-refractivity contribution >= 4 is 63.9 Å². The Labute approximate surface area is 215 Å². The van der Waals surface area contributed by atoms with Gasteiger partial charge < -0.3 is 25.2 Å². The first-order valence-corrected chi connectivity index (χ1v) is 11.1. The zero-order valence-corrected chi connectivity index (χ0v) is 22.2. The number of halogens is 5. The zero-order chi connectivity index (χ0) is 21.2. The topological polar surface area (TPSA) is 62.8 Å². The lowest BCUT2D eigenvalue weighted by Gasteiger charge is -2.16. The van der Waals surface area contributed by atoms with Crippen LogP contribution in [0.25, 0.3) is 0 Å². The van der Waals surface area contributed by atoms with Gasteiger partial charge >= 0.3 is 0 Å². The molecular formula is C21H29BrCl4N2O3. The summed E-state index contributed by atoms with van der Waals surface area (Å²) in [5.41, 5.74) is 1.92. The van der Waals surface area contributed by atoms with Gasteiger partial charge in [-0.15, -0.1) is 24.8 Å². The summed E-state index contributed by atoms with van der Waals surface area (Å²) in [4.78, 5) is 0. The van der Waals surface area contributed by atoms with Gasteiger partial charge in [-0.3, -0.25) is 0 Å². The van der Waals surface area contributed by atoms with Crippen LogP contribution in [0.3, 0.4) is 0 Å². The molecule has 3 N–H and O–H groups in total. The summed E-state index contributed by atoms with van der Waals surface area (Å²) in [6.07, 6.45) is -0.338. The highest BCUT2D eigenvalue weighted by Gasteiger charge is 2.13. The average Bonchev–Trinajstić information content (AvgIpc) is 2.65. The summed E-state index contributed by atoms with van der Waals surface area (Å²) in [7, 11) is 0. The number of nitrogens with one attached hydrogen (secondary N) is 2. The highest BCUT2D eigenvalue weighted by molar-refractivity contribution is 9.10. The summed E-state index contributed by atoms with van der Waals surface area (Å²) in [6, 6.07) is 9.32. The standard InChI is InChI=1S/C21H27BrCl2N2O3.2ClH/c1-3-28-20-9-15(12-26-7-6-25-11-14(2)27)8-18(22)21(20)29-13-16-4-5-17(23)10-19(16)24;;/h4-5,8-10,14,25-27H,3,6-7,11-13H2,1-2H3;2*1H. The Balaban J connectivity index is 0.00000450. The molecule has 5 nitrogen and oxygen atoms in total. The third kappa shape index (κ3) is 10.8. The number of ether oxygens (including phenoxy) is 2. The molecular weight excluding hydrogens is 550 g/mol. The van der Waals surface area contributed by atoms with Crippen molar-refractivity contribution in [1.82, 2.24) is 10.6 Å². The molecule has 2 aromatic carbocycles. The van der Waals surface area contributed by atoms with E-state index in [2.05, 4.69) is 26.6 Å². The maximum absolute atomic E-state index is 9.24. The summed E-state index contributed by atoms with van der Waals surface area (Å²) < 4.78 is 12.6. The normalized spacial score (nSPS) is 11.3. The minimum Gasteiger partial charge on any atom is -0.490 e. The Morgan fingerprint density at radius 2 is 1.77 bits per heavy atom. The van der Waals surface area contributed by atoms with E-state index in [9.17, 15) is 5.11 Å². The second-order valence-electron chi connectivity index (χ2n) is 6.59. The first-order valence-electron chi connectivity index (χ1n) is 9.52. The molecule has 176 valence electrons. The van der Waals surface area contributed by atoms with Crippen molar-refractivity contribution in [3.05, 3.63) is 56.0 Å². The van der Waals surface area contributed by atoms with E-state index in [1.54, 1.807) is 19.1 Å². The lowest BCUT2D eigenvalue weighted by atomic mass is 10.2. The largest absolute Gasteiger partial charge is 0.490 e. The van der Waals surface area contributed by atoms with E-state index in [-0.39, 0.29) is 30.9 Å². The van der Waals surface area contributed by atoms with Crippen molar-refractivity contribution in [1.29, 1.82) is 0 Å². The van der Waals surface area contributed by atoms with E-state index in [1.165, 1.54) is 0 Å². The Hall–Kier alpha value is -0.440. The van der Waals surface area contributed by atoms with Gasteiger partial charge in [0.1, 0.15) is 6.61 Å². The Morgan fingerprint density at radius 1 is 1.06 bits per heavy atom. The molecule has 0 amide bonds. The van der Waals surface area contributed by atoms with E-state index >= 15 is 0 Å². The smallest absolute Gasteiger partial charge is 0.175 e. The molecule has 10 heteroatoms. The molecule has 1 unspecified atom stereocenters. The second-order valence-corrected chi connectivity index (χ2v) is 8.29. The van der Waals surface area contributed by atoms with Crippen LogP contribution in [0, 0.1) is 0 Å². The number of aliphatic hydroxyl groups excluding tert-OH is 1. The molecule has 2 aromatic rings. The molecule has 0 radical (unpaired) electrons. The molecule has 0 aliphatic heterocycles. The minimum absolute atomic E-state index is 0. The van der Waals surface area contributed by atoms with Crippen LogP contribution >= 0.6 is 63.9 Å². The predicted molar refractivity (Wildman–Crippen MR) is 137 cm³/mol. The first kappa shape index (κ1) is 30.6. The number of hydrogen-bond donors (Lipinski definition) is 3. The number of rotatable bonds is 12. The van der Waals surface area contributed by atoms with Gasteiger partial charge in [-0.05, 0) is 59.6 Å². The van der Waals surface area contributed by atoms with Gasteiger partial charge in [0, 0.05) is 41.8 Å². The van der Waals surface area contributed by atoms with Gasteiger partial charge in [-0.1, -0.05) is 29.3 Å². The van der Waals surface area contributed by atoms with Crippen LogP contribution in [-0.2, 0) is 13.2 Å². The third-order valence-electron chi connectivity index (χ3n) is 4.00. The summed E-state index contributed by atoms with van der Waals surface area (Å²) >= 11 is 15.8. The van der Waals surface area contributed by atoms with Gasteiger partial charge in [-0.2, -0.15) is 0 Å². The molecule has 2 rings (SSSR count). The summed E-state index contributed by atoms with van der Waals surface area (Å²) in [6.45, 7) is 7.40.